The Labute approximate surface area is 179 Å². The molecule has 4 aromatic carbocycles. The third-order valence-corrected chi connectivity index (χ3v) is 6.59. The van der Waals surface area contributed by atoms with Crippen LogP contribution in [-0.2, 0) is 5.41 Å². The van der Waals surface area contributed by atoms with Crippen LogP contribution in [0.3, 0.4) is 0 Å². The predicted molar refractivity (Wildman–Crippen MR) is 127 cm³/mol. The largest absolute Gasteiger partial charge is 0.372 e. The van der Waals surface area contributed by atoms with Crippen LogP contribution in [0.2, 0.25) is 0 Å². The molecule has 1 aliphatic carbocycles. The van der Waals surface area contributed by atoms with Crippen LogP contribution in [0.4, 0.5) is 5.69 Å². The molecule has 0 saturated heterocycles. The molecule has 0 heterocycles. The van der Waals surface area contributed by atoms with Crippen LogP contribution >= 0.6 is 0 Å². The SMILES string of the molecule is CCN(CC)c1ccc(C2(c3ccccc3)c3ccccc3-c3ccccc32)cc1. The Morgan fingerprint density at radius 1 is 0.533 bits per heavy atom. The fourth-order valence-corrected chi connectivity index (χ4v) is 5.22. The molecule has 1 aliphatic rings. The monoisotopic (exact) mass is 389 g/mol. The highest BCUT2D eigenvalue weighted by Gasteiger charge is 2.45. The van der Waals surface area contributed by atoms with E-state index >= 15 is 0 Å². The van der Waals surface area contributed by atoms with E-state index in [1.54, 1.807) is 0 Å². The van der Waals surface area contributed by atoms with Gasteiger partial charge in [-0.15, -0.1) is 0 Å². The Morgan fingerprint density at radius 2 is 1.00 bits per heavy atom. The maximum atomic E-state index is 2.40. The molecule has 0 aliphatic heterocycles. The molecule has 30 heavy (non-hydrogen) atoms. The Morgan fingerprint density at radius 3 is 1.53 bits per heavy atom. The molecular weight excluding hydrogens is 362 g/mol. The molecule has 0 saturated carbocycles. The van der Waals surface area contributed by atoms with E-state index in [2.05, 4.69) is 122 Å². The Bertz CT molecular complexity index is 1110. The summed E-state index contributed by atoms with van der Waals surface area (Å²) in [5.41, 5.74) is 9.04. The summed E-state index contributed by atoms with van der Waals surface area (Å²) in [6.07, 6.45) is 0. The van der Waals surface area contributed by atoms with Crippen molar-refractivity contribution in [1.29, 1.82) is 0 Å². The molecule has 0 unspecified atom stereocenters. The van der Waals surface area contributed by atoms with Gasteiger partial charge in [-0.1, -0.05) is 91.0 Å². The van der Waals surface area contributed by atoms with Gasteiger partial charge in [0.2, 0.25) is 0 Å². The summed E-state index contributed by atoms with van der Waals surface area (Å²) in [5.74, 6) is 0. The molecule has 0 spiro atoms. The zero-order valence-electron chi connectivity index (χ0n) is 17.7. The van der Waals surface area contributed by atoms with Gasteiger partial charge in [0, 0.05) is 18.8 Å². The maximum absolute atomic E-state index is 2.40. The Hall–Kier alpha value is -3.32. The lowest BCUT2D eigenvalue weighted by Gasteiger charge is -2.34. The minimum absolute atomic E-state index is 0.295. The molecule has 0 amide bonds. The van der Waals surface area contributed by atoms with Crippen LogP contribution in [-0.4, -0.2) is 13.1 Å². The van der Waals surface area contributed by atoms with Crippen molar-refractivity contribution in [1.82, 2.24) is 0 Å². The first-order valence-corrected chi connectivity index (χ1v) is 10.9. The van der Waals surface area contributed by atoms with E-state index in [9.17, 15) is 0 Å². The van der Waals surface area contributed by atoms with Gasteiger partial charge in [0.25, 0.3) is 0 Å². The minimum Gasteiger partial charge on any atom is -0.372 e. The van der Waals surface area contributed by atoms with Gasteiger partial charge in [-0.3, -0.25) is 0 Å². The quantitative estimate of drug-likeness (QED) is 0.316. The molecule has 1 nitrogen and oxygen atoms in total. The van der Waals surface area contributed by atoms with E-state index in [-0.39, 0.29) is 5.41 Å². The lowest BCUT2D eigenvalue weighted by molar-refractivity contribution is 0.767. The van der Waals surface area contributed by atoms with Crippen LogP contribution in [0.1, 0.15) is 36.1 Å². The summed E-state index contributed by atoms with van der Waals surface area (Å²) >= 11 is 0. The van der Waals surface area contributed by atoms with Crippen molar-refractivity contribution < 1.29 is 0 Å². The van der Waals surface area contributed by atoms with Gasteiger partial charge in [0.05, 0.1) is 5.41 Å². The van der Waals surface area contributed by atoms with E-state index in [1.807, 2.05) is 0 Å². The van der Waals surface area contributed by atoms with Crippen LogP contribution in [0.15, 0.2) is 103 Å². The summed E-state index contributed by atoms with van der Waals surface area (Å²) < 4.78 is 0. The standard InChI is InChI=1S/C29H27N/c1-3-30(4-2)24-20-18-23(19-21-24)29(22-12-6-5-7-13-22)27-16-10-8-14-25(27)26-15-9-11-17-28(26)29/h5-21H,3-4H2,1-2H3. The minimum atomic E-state index is -0.295. The first-order chi connectivity index (χ1) is 14.8. The maximum Gasteiger partial charge on any atom is 0.0713 e. The van der Waals surface area contributed by atoms with E-state index in [0.717, 1.165) is 13.1 Å². The van der Waals surface area contributed by atoms with E-state index in [4.69, 9.17) is 0 Å². The fraction of sp³-hybridized carbons (Fsp3) is 0.172. The van der Waals surface area contributed by atoms with Crippen molar-refractivity contribution in [2.75, 3.05) is 18.0 Å². The van der Waals surface area contributed by atoms with Crippen molar-refractivity contribution in [3.8, 4) is 11.1 Å². The van der Waals surface area contributed by atoms with E-state index in [1.165, 1.54) is 39.1 Å². The topological polar surface area (TPSA) is 3.24 Å². The molecule has 0 radical (unpaired) electrons. The summed E-state index contributed by atoms with van der Waals surface area (Å²) in [4.78, 5) is 2.40. The van der Waals surface area contributed by atoms with Gasteiger partial charge in [-0.05, 0) is 59.4 Å². The molecule has 0 N–H and O–H groups in total. The zero-order chi connectivity index (χ0) is 20.6. The van der Waals surface area contributed by atoms with Crippen LogP contribution < -0.4 is 4.90 Å². The lowest BCUT2D eigenvalue weighted by atomic mass is 9.68. The molecule has 0 aromatic heterocycles. The second kappa shape index (κ2) is 7.50. The number of anilines is 1. The fourth-order valence-electron chi connectivity index (χ4n) is 5.22. The van der Waals surface area contributed by atoms with E-state index < -0.39 is 0 Å². The zero-order valence-corrected chi connectivity index (χ0v) is 17.7. The number of benzene rings is 4. The number of fused-ring (bicyclic) bond motifs is 3. The van der Waals surface area contributed by atoms with E-state index in [0.29, 0.717) is 0 Å². The third kappa shape index (κ3) is 2.62. The predicted octanol–water partition coefficient (Wildman–Crippen LogP) is 6.90. The van der Waals surface area contributed by atoms with Gasteiger partial charge < -0.3 is 4.90 Å². The molecule has 4 aromatic rings. The highest BCUT2D eigenvalue weighted by atomic mass is 15.1. The molecule has 5 rings (SSSR count). The number of hydrogen-bond donors (Lipinski definition) is 0. The number of rotatable bonds is 5. The Balaban J connectivity index is 1.82. The molecule has 0 fully saturated rings. The van der Waals surface area contributed by atoms with Gasteiger partial charge in [0.1, 0.15) is 0 Å². The van der Waals surface area contributed by atoms with Crippen molar-refractivity contribution in [2.45, 2.75) is 19.3 Å². The first-order valence-electron chi connectivity index (χ1n) is 10.9. The van der Waals surface area contributed by atoms with Crippen LogP contribution in [0.5, 0.6) is 0 Å². The number of nitrogens with zero attached hydrogens (tertiary/aromatic N) is 1. The van der Waals surface area contributed by atoms with Crippen LogP contribution in [0, 0.1) is 0 Å². The smallest absolute Gasteiger partial charge is 0.0713 e. The molecular formula is C29H27N. The van der Waals surface area contributed by atoms with Crippen molar-refractivity contribution >= 4 is 5.69 Å². The molecule has 0 atom stereocenters. The van der Waals surface area contributed by atoms with Crippen molar-refractivity contribution in [2.24, 2.45) is 0 Å². The summed E-state index contributed by atoms with van der Waals surface area (Å²) in [6.45, 7) is 6.47. The van der Waals surface area contributed by atoms with Gasteiger partial charge in [0.15, 0.2) is 0 Å². The highest BCUT2D eigenvalue weighted by molar-refractivity contribution is 5.86. The number of hydrogen-bond acceptors (Lipinski definition) is 1. The highest BCUT2D eigenvalue weighted by Crippen LogP contribution is 2.55. The van der Waals surface area contributed by atoms with Gasteiger partial charge in [-0.2, -0.15) is 0 Å². The second-order valence-corrected chi connectivity index (χ2v) is 7.93. The Kier molecular flexibility index (Phi) is 4.67. The normalized spacial score (nSPS) is 13.5. The lowest BCUT2D eigenvalue weighted by Crippen LogP contribution is -2.29. The van der Waals surface area contributed by atoms with Crippen molar-refractivity contribution in [3.05, 3.63) is 125 Å². The molecule has 0 bridgehead atoms. The average Bonchev–Trinajstić information content (AvgIpc) is 3.12. The first kappa shape index (κ1) is 18.7. The summed E-state index contributed by atoms with van der Waals surface area (Å²) in [6, 6.07) is 38.0. The van der Waals surface area contributed by atoms with Crippen LogP contribution in [0.25, 0.3) is 11.1 Å². The summed E-state index contributed by atoms with van der Waals surface area (Å²) in [7, 11) is 0. The molecule has 1 heteroatoms. The second-order valence-electron chi connectivity index (χ2n) is 7.93. The molecule has 148 valence electrons. The van der Waals surface area contributed by atoms with Crippen molar-refractivity contribution in [3.63, 3.8) is 0 Å². The van der Waals surface area contributed by atoms with Gasteiger partial charge >= 0.3 is 0 Å². The third-order valence-electron chi connectivity index (χ3n) is 6.59. The van der Waals surface area contributed by atoms with Gasteiger partial charge in [-0.25, -0.2) is 0 Å². The average molecular weight is 390 g/mol. The summed E-state index contributed by atoms with van der Waals surface area (Å²) in [5, 5.41) is 0.